The predicted molar refractivity (Wildman–Crippen MR) is 119 cm³/mol. The molecule has 1 saturated heterocycles. The van der Waals surface area contributed by atoms with Crippen LogP contribution in [0.4, 0.5) is 13.2 Å². The molecule has 0 aliphatic carbocycles. The highest BCUT2D eigenvalue weighted by Gasteiger charge is 2.31. The molecule has 34 heavy (non-hydrogen) atoms. The van der Waals surface area contributed by atoms with Crippen LogP contribution in [0, 0.1) is 0 Å². The van der Waals surface area contributed by atoms with E-state index in [-0.39, 0.29) is 18.3 Å². The largest absolute Gasteiger partial charge is 0.493 e. The van der Waals surface area contributed by atoms with E-state index >= 15 is 0 Å². The summed E-state index contributed by atoms with van der Waals surface area (Å²) in [5, 5.41) is 0. The topological polar surface area (TPSA) is 55.2 Å². The summed E-state index contributed by atoms with van der Waals surface area (Å²) in [5.41, 5.74) is -0.0533. The Balaban J connectivity index is 1.29. The lowest BCUT2D eigenvalue weighted by Crippen LogP contribution is -2.48. The number of ether oxygens (including phenoxy) is 2. The number of furan rings is 1. The summed E-state index contributed by atoms with van der Waals surface area (Å²) < 4.78 is 55.5. The van der Waals surface area contributed by atoms with Crippen molar-refractivity contribution in [2.75, 3.05) is 33.3 Å². The lowest BCUT2D eigenvalue weighted by molar-refractivity contribution is -0.137. The van der Waals surface area contributed by atoms with Crippen LogP contribution in [0.15, 0.2) is 65.1 Å². The average molecular weight is 474 g/mol. The number of nitrogens with zero attached hydrogens (tertiary/aromatic N) is 2. The van der Waals surface area contributed by atoms with Crippen LogP contribution in [0.3, 0.4) is 0 Å². The van der Waals surface area contributed by atoms with Crippen LogP contribution in [-0.2, 0) is 19.3 Å². The first kappa shape index (κ1) is 23.7. The van der Waals surface area contributed by atoms with E-state index in [1.165, 1.54) is 12.1 Å². The Labute approximate surface area is 195 Å². The van der Waals surface area contributed by atoms with Gasteiger partial charge in [0.25, 0.3) is 5.91 Å². The van der Waals surface area contributed by atoms with Gasteiger partial charge < -0.3 is 18.8 Å². The monoisotopic (exact) mass is 474 g/mol. The average Bonchev–Trinajstić information content (AvgIpc) is 3.32. The van der Waals surface area contributed by atoms with Gasteiger partial charge in [0.1, 0.15) is 12.4 Å². The molecule has 0 radical (unpaired) electrons. The van der Waals surface area contributed by atoms with Gasteiger partial charge in [-0.2, -0.15) is 13.2 Å². The molecule has 4 rings (SSSR count). The molecule has 0 atom stereocenters. The predicted octanol–water partition coefficient (Wildman–Crippen LogP) is 4.84. The standard InChI is InChI=1S/C25H25F3N2O4/c1-32-21-7-2-3-8-22(21)33-17-20-9-10-23(34-20)24(31)30-13-11-29(12-14-30)16-18-5-4-6-19(15-18)25(26,27)28/h2-10,15H,11-14,16-17H2,1H3. The van der Waals surface area contributed by atoms with Gasteiger partial charge in [-0.3, -0.25) is 9.69 Å². The van der Waals surface area contributed by atoms with Crippen molar-refractivity contribution in [2.24, 2.45) is 0 Å². The minimum absolute atomic E-state index is 0.151. The van der Waals surface area contributed by atoms with Gasteiger partial charge in [-0.1, -0.05) is 30.3 Å². The van der Waals surface area contributed by atoms with Crippen LogP contribution in [0.5, 0.6) is 11.5 Å². The number of carbonyl (C=O) groups is 1. The number of benzene rings is 2. The molecule has 180 valence electrons. The van der Waals surface area contributed by atoms with Crippen molar-refractivity contribution in [1.29, 1.82) is 0 Å². The van der Waals surface area contributed by atoms with Crippen LogP contribution in [0.2, 0.25) is 0 Å². The van der Waals surface area contributed by atoms with Gasteiger partial charge in [0.05, 0.1) is 12.7 Å². The maximum Gasteiger partial charge on any atom is 0.416 e. The molecular weight excluding hydrogens is 449 g/mol. The zero-order chi connectivity index (χ0) is 24.1. The zero-order valence-corrected chi connectivity index (χ0v) is 18.7. The summed E-state index contributed by atoms with van der Waals surface area (Å²) in [4.78, 5) is 16.6. The van der Waals surface area contributed by atoms with E-state index in [1.54, 1.807) is 42.3 Å². The molecule has 0 N–H and O–H groups in total. The molecular formula is C25H25F3N2O4. The van der Waals surface area contributed by atoms with Crippen LogP contribution in [0.25, 0.3) is 0 Å². The highest BCUT2D eigenvalue weighted by molar-refractivity contribution is 5.91. The molecule has 0 spiro atoms. The maximum absolute atomic E-state index is 12.9. The Morgan fingerprint density at radius 2 is 1.71 bits per heavy atom. The van der Waals surface area contributed by atoms with Gasteiger partial charge in [-0.25, -0.2) is 0 Å². The van der Waals surface area contributed by atoms with Crippen molar-refractivity contribution < 1.29 is 31.9 Å². The highest BCUT2D eigenvalue weighted by Crippen LogP contribution is 2.30. The van der Waals surface area contributed by atoms with Crippen LogP contribution in [-0.4, -0.2) is 49.0 Å². The Morgan fingerprint density at radius 1 is 0.971 bits per heavy atom. The quantitative estimate of drug-likeness (QED) is 0.490. The summed E-state index contributed by atoms with van der Waals surface area (Å²) in [7, 11) is 1.56. The first-order valence-corrected chi connectivity index (χ1v) is 10.9. The number of para-hydroxylation sites is 2. The number of rotatable bonds is 7. The lowest BCUT2D eigenvalue weighted by Gasteiger charge is -2.34. The normalized spacial score (nSPS) is 14.8. The number of hydrogen-bond donors (Lipinski definition) is 0. The summed E-state index contributed by atoms with van der Waals surface area (Å²) in [6, 6.07) is 15.9. The highest BCUT2D eigenvalue weighted by atomic mass is 19.4. The number of methoxy groups -OCH3 is 1. The second kappa shape index (κ2) is 10.2. The number of halogens is 3. The van der Waals surface area contributed by atoms with Gasteiger partial charge in [0.15, 0.2) is 17.3 Å². The van der Waals surface area contributed by atoms with Gasteiger partial charge in [0, 0.05) is 32.7 Å². The second-order valence-electron chi connectivity index (χ2n) is 7.97. The van der Waals surface area contributed by atoms with Crippen LogP contribution < -0.4 is 9.47 Å². The minimum Gasteiger partial charge on any atom is -0.493 e. The summed E-state index contributed by atoms with van der Waals surface area (Å²) >= 11 is 0. The number of amides is 1. The molecule has 3 aromatic rings. The molecule has 1 amide bonds. The molecule has 9 heteroatoms. The maximum atomic E-state index is 12.9. The Bertz CT molecular complexity index is 1120. The van der Waals surface area contributed by atoms with E-state index in [0.717, 1.165) is 6.07 Å². The van der Waals surface area contributed by atoms with Gasteiger partial charge in [-0.15, -0.1) is 0 Å². The Morgan fingerprint density at radius 3 is 2.41 bits per heavy atom. The number of alkyl halides is 3. The minimum atomic E-state index is -4.36. The van der Waals surface area contributed by atoms with Gasteiger partial charge in [-0.05, 0) is 35.9 Å². The van der Waals surface area contributed by atoms with Gasteiger partial charge >= 0.3 is 6.18 Å². The number of carbonyl (C=O) groups excluding carboxylic acids is 1. The van der Waals surface area contributed by atoms with Gasteiger partial charge in [0.2, 0.25) is 0 Å². The van der Waals surface area contributed by atoms with Crippen molar-refractivity contribution in [3.63, 3.8) is 0 Å². The molecule has 1 fully saturated rings. The van der Waals surface area contributed by atoms with Crippen LogP contribution >= 0.6 is 0 Å². The third kappa shape index (κ3) is 5.72. The summed E-state index contributed by atoms with van der Waals surface area (Å²) in [6.45, 7) is 2.60. The van der Waals surface area contributed by atoms with Crippen molar-refractivity contribution in [1.82, 2.24) is 9.80 Å². The van der Waals surface area contributed by atoms with Crippen molar-refractivity contribution >= 4 is 5.91 Å². The number of piperazine rings is 1. The fraction of sp³-hybridized carbons (Fsp3) is 0.320. The smallest absolute Gasteiger partial charge is 0.416 e. The third-order valence-electron chi connectivity index (χ3n) is 5.63. The first-order chi connectivity index (χ1) is 16.3. The Kier molecular flexibility index (Phi) is 7.12. The fourth-order valence-electron chi connectivity index (χ4n) is 3.83. The van der Waals surface area contributed by atoms with E-state index in [4.69, 9.17) is 13.9 Å². The second-order valence-corrected chi connectivity index (χ2v) is 7.97. The van der Waals surface area contributed by atoms with E-state index in [9.17, 15) is 18.0 Å². The first-order valence-electron chi connectivity index (χ1n) is 10.9. The molecule has 0 saturated carbocycles. The number of hydrogen-bond acceptors (Lipinski definition) is 5. The van der Waals surface area contributed by atoms with E-state index in [1.807, 2.05) is 17.0 Å². The van der Waals surface area contributed by atoms with Crippen molar-refractivity contribution in [2.45, 2.75) is 19.3 Å². The molecule has 1 aliphatic heterocycles. The molecule has 2 heterocycles. The van der Waals surface area contributed by atoms with Crippen molar-refractivity contribution in [3.05, 3.63) is 83.3 Å². The van der Waals surface area contributed by atoms with E-state index in [2.05, 4.69) is 0 Å². The van der Waals surface area contributed by atoms with Crippen LogP contribution in [0.1, 0.15) is 27.4 Å². The zero-order valence-electron chi connectivity index (χ0n) is 18.7. The molecule has 6 nitrogen and oxygen atoms in total. The molecule has 1 aliphatic rings. The summed E-state index contributed by atoms with van der Waals surface area (Å²) in [5.74, 6) is 1.70. The van der Waals surface area contributed by atoms with E-state index < -0.39 is 11.7 Å². The third-order valence-corrected chi connectivity index (χ3v) is 5.63. The molecule has 0 bridgehead atoms. The molecule has 0 unspecified atom stereocenters. The van der Waals surface area contributed by atoms with E-state index in [0.29, 0.717) is 55.5 Å². The molecule has 2 aromatic carbocycles. The van der Waals surface area contributed by atoms with Crippen molar-refractivity contribution in [3.8, 4) is 11.5 Å². The Hall–Kier alpha value is -3.46. The lowest BCUT2D eigenvalue weighted by atomic mass is 10.1. The fourth-order valence-corrected chi connectivity index (χ4v) is 3.83. The SMILES string of the molecule is COc1ccccc1OCc1ccc(C(=O)N2CCN(Cc3cccc(C(F)(F)F)c3)CC2)o1. The summed E-state index contributed by atoms with van der Waals surface area (Å²) in [6.07, 6.45) is -4.36. The molecule has 1 aromatic heterocycles.